The summed E-state index contributed by atoms with van der Waals surface area (Å²) >= 11 is 0. The number of sulfonamides is 1. The molecule has 2 rings (SSSR count). The van der Waals surface area contributed by atoms with Gasteiger partial charge >= 0.3 is 0 Å². The van der Waals surface area contributed by atoms with Crippen LogP contribution in [0.1, 0.15) is 35.6 Å². The van der Waals surface area contributed by atoms with E-state index in [1.54, 1.807) is 25.1 Å². The number of carbonyl (C=O) groups is 2. The second-order valence-corrected chi connectivity index (χ2v) is 11.2. The Hall–Kier alpha value is -2.82. The minimum absolute atomic E-state index is 0.194. The first-order valence-electron chi connectivity index (χ1n) is 11.1. The van der Waals surface area contributed by atoms with Crippen molar-refractivity contribution in [2.45, 2.75) is 44.6 Å². The second-order valence-electron chi connectivity index (χ2n) is 8.68. The molecule has 0 unspecified atom stereocenters. The van der Waals surface area contributed by atoms with Crippen molar-refractivity contribution in [1.82, 2.24) is 19.5 Å². The first-order valence-corrected chi connectivity index (χ1v) is 12.6. The van der Waals surface area contributed by atoms with Crippen molar-refractivity contribution in [3.63, 3.8) is 0 Å². The van der Waals surface area contributed by atoms with E-state index in [9.17, 15) is 23.1 Å². The van der Waals surface area contributed by atoms with Crippen molar-refractivity contribution < 1.29 is 23.1 Å². The Morgan fingerprint density at radius 1 is 1.06 bits per heavy atom. The summed E-state index contributed by atoms with van der Waals surface area (Å²) in [5, 5.41) is 13.1. The van der Waals surface area contributed by atoms with Crippen LogP contribution in [0.5, 0.6) is 0 Å². The molecule has 2 atom stereocenters. The number of aryl methyl sites for hydroxylation is 1. The van der Waals surface area contributed by atoms with Crippen LogP contribution in [-0.4, -0.2) is 84.1 Å². The van der Waals surface area contributed by atoms with E-state index in [2.05, 4.69) is 10.3 Å². The number of aliphatic hydroxyl groups is 1. The largest absolute Gasteiger partial charge is 0.390 e. The number of nitrogens with one attached hydrogen (secondary N) is 1. The molecule has 10 heteroatoms. The van der Waals surface area contributed by atoms with Gasteiger partial charge in [0.2, 0.25) is 15.9 Å². The number of pyridine rings is 1. The molecule has 0 saturated heterocycles. The minimum atomic E-state index is -3.85. The lowest BCUT2D eigenvalue weighted by atomic mass is 10.0. The average molecular weight is 491 g/mol. The van der Waals surface area contributed by atoms with Crippen LogP contribution in [0.15, 0.2) is 48.5 Å². The Morgan fingerprint density at radius 2 is 1.71 bits per heavy atom. The van der Waals surface area contributed by atoms with Crippen molar-refractivity contribution in [3.05, 3.63) is 65.5 Å². The molecule has 1 aromatic heterocycles. The van der Waals surface area contributed by atoms with Crippen LogP contribution in [0.2, 0.25) is 0 Å². The van der Waals surface area contributed by atoms with Gasteiger partial charge in [-0.15, -0.1) is 0 Å². The van der Waals surface area contributed by atoms with Gasteiger partial charge in [0.05, 0.1) is 23.9 Å². The van der Waals surface area contributed by atoms with Crippen molar-refractivity contribution in [3.8, 4) is 0 Å². The van der Waals surface area contributed by atoms with Crippen molar-refractivity contribution in [2.24, 2.45) is 0 Å². The summed E-state index contributed by atoms with van der Waals surface area (Å²) < 4.78 is 26.9. The van der Waals surface area contributed by atoms with Gasteiger partial charge in [-0.3, -0.25) is 9.59 Å². The van der Waals surface area contributed by atoms with Gasteiger partial charge in [-0.05, 0) is 44.9 Å². The molecule has 0 fully saturated rings. The molecule has 0 aliphatic carbocycles. The average Bonchev–Trinajstić information content (AvgIpc) is 2.78. The monoisotopic (exact) mass is 490 g/mol. The smallest absolute Gasteiger partial charge is 0.270 e. The van der Waals surface area contributed by atoms with Crippen LogP contribution < -0.4 is 5.32 Å². The number of hydrogen-bond donors (Lipinski definition) is 2. The number of benzene rings is 1. The molecule has 0 aliphatic heterocycles. The number of rotatable bonds is 11. The number of amides is 2. The van der Waals surface area contributed by atoms with Crippen molar-refractivity contribution in [2.75, 3.05) is 27.2 Å². The normalized spacial score (nSPS) is 13.5. The minimum Gasteiger partial charge on any atom is -0.390 e. The number of carbonyl (C=O) groups excluding carboxylic acids is 2. The zero-order chi connectivity index (χ0) is 25.5. The Morgan fingerprint density at radius 3 is 2.26 bits per heavy atom. The predicted molar refractivity (Wildman–Crippen MR) is 131 cm³/mol. The van der Waals surface area contributed by atoms with E-state index >= 15 is 0 Å². The highest BCUT2D eigenvalue weighted by atomic mass is 32.2. The summed E-state index contributed by atoms with van der Waals surface area (Å²) in [6, 6.07) is 13.5. The molecular weight excluding hydrogens is 456 g/mol. The highest BCUT2D eigenvalue weighted by molar-refractivity contribution is 7.89. The van der Waals surface area contributed by atoms with Crippen LogP contribution in [0, 0.1) is 6.92 Å². The van der Waals surface area contributed by atoms with Gasteiger partial charge in [0.25, 0.3) is 5.91 Å². The summed E-state index contributed by atoms with van der Waals surface area (Å²) in [6.45, 7) is 4.04. The van der Waals surface area contributed by atoms with Crippen LogP contribution in [0.25, 0.3) is 0 Å². The number of aromatic nitrogens is 1. The summed E-state index contributed by atoms with van der Waals surface area (Å²) in [5.41, 5.74) is 1.72. The fourth-order valence-corrected chi connectivity index (χ4v) is 4.50. The quantitative estimate of drug-likeness (QED) is 0.489. The maximum absolute atomic E-state index is 12.9. The van der Waals surface area contributed by atoms with Gasteiger partial charge < -0.3 is 15.3 Å². The van der Waals surface area contributed by atoms with E-state index in [1.165, 1.54) is 32.8 Å². The molecule has 0 aliphatic rings. The van der Waals surface area contributed by atoms with E-state index in [1.807, 2.05) is 30.3 Å². The zero-order valence-electron chi connectivity index (χ0n) is 20.3. The molecular formula is C24H34N4O5S. The fraction of sp³-hybridized carbons (Fsp3) is 0.458. The van der Waals surface area contributed by atoms with Crippen molar-refractivity contribution in [1.29, 1.82) is 0 Å². The molecule has 0 radical (unpaired) electrons. The van der Waals surface area contributed by atoms with Crippen LogP contribution in [-0.2, 0) is 21.2 Å². The fourth-order valence-electron chi connectivity index (χ4n) is 3.25. The SMILES string of the molecule is Cc1cccc(C(=O)N[C@@H](Cc2ccccc2)[C@H](O)CN(CC(=O)N(C)C)S(=O)(=O)C(C)C)n1. The van der Waals surface area contributed by atoms with Gasteiger partial charge in [-0.2, -0.15) is 4.31 Å². The third kappa shape index (κ3) is 7.61. The first-order chi connectivity index (χ1) is 15.9. The topological polar surface area (TPSA) is 120 Å². The van der Waals surface area contributed by atoms with Gasteiger partial charge in [-0.1, -0.05) is 36.4 Å². The molecule has 2 aromatic rings. The lowest BCUT2D eigenvalue weighted by Crippen LogP contribution is -2.53. The molecule has 34 heavy (non-hydrogen) atoms. The number of aliphatic hydroxyl groups excluding tert-OH is 1. The number of likely N-dealkylation sites (N-methyl/N-ethyl adjacent to an activating group) is 1. The molecule has 9 nitrogen and oxygen atoms in total. The third-order valence-corrected chi connectivity index (χ3v) is 7.55. The molecule has 1 heterocycles. The number of hydrogen-bond acceptors (Lipinski definition) is 6. The van der Waals surface area contributed by atoms with E-state index < -0.39 is 45.8 Å². The third-order valence-electron chi connectivity index (χ3n) is 5.36. The summed E-state index contributed by atoms with van der Waals surface area (Å²) in [4.78, 5) is 30.7. The molecule has 0 bridgehead atoms. The van der Waals surface area contributed by atoms with Crippen molar-refractivity contribution >= 4 is 21.8 Å². The first kappa shape index (κ1) is 27.4. The maximum Gasteiger partial charge on any atom is 0.270 e. The molecule has 186 valence electrons. The molecule has 2 amide bonds. The lowest BCUT2D eigenvalue weighted by Gasteiger charge is -2.31. The van der Waals surface area contributed by atoms with Gasteiger partial charge in [0.15, 0.2) is 0 Å². The molecule has 0 spiro atoms. The second kappa shape index (κ2) is 12.0. The van der Waals surface area contributed by atoms with Crippen LogP contribution in [0.3, 0.4) is 0 Å². The highest BCUT2D eigenvalue weighted by Crippen LogP contribution is 2.14. The van der Waals surface area contributed by atoms with E-state index in [-0.39, 0.29) is 18.7 Å². The lowest BCUT2D eigenvalue weighted by molar-refractivity contribution is -0.129. The highest BCUT2D eigenvalue weighted by Gasteiger charge is 2.33. The molecule has 2 N–H and O–H groups in total. The molecule has 0 saturated carbocycles. The maximum atomic E-state index is 12.9. The summed E-state index contributed by atoms with van der Waals surface area (Å²) in [7, 11) is -0.787. The molecule has 1 aromatic carbocycles. The zero-order valence-corrected chi connectivity index (χ0v) is 21.1. The predicted octanol–water partition coefficient (Wildman–Crippen LogP) is 1.22. The Bertz CT molecular complexity index is 1070. The summed E-state index contributed by atoms with van der Waals surface area (Å²) in [6.07, 6.45) is -1.02. The van der Waals surface area contributed by atoms with E-state index in [0.717, 1.165) is 9.87 Å². The Labute approximate surface area is 201 Å². The van der Waals surface area contributed by atoms with E-state index in [0.29, 0.717) is 5.69 Å². The van der Waals surface area contributed by atoms with Gasteiger partial charge in [0.1, 0.15) is 5.69 Å². The van der Waals surface area contributed by atoms with Gasteiger partial charge in [-0.25, -0.2) is 13.4 Å². The summed E-state index contributed by atoms with van der Waals surface area (Å²) in [5.74, 6) is -0.893. The standard InChI is InChI=1S/C24H34N4O5S/c1-17(2)34(32,33)28(16-23(30)27(4)5)15-22(29)21(14-19-11-7-6-8-12-19)26-24(31)20-13-9-10-18(3)25-20/h6-13,17,21-22,29H,14-16H2,1-5H3,(H,26,31)/t21-,22+/m0/s1. The number of nitrogens with zero attached hydrogens (tertiary/aromatic N) is 3. The van der Waals surface area contributed by atoms with Gasteiger partial charge in [0, 0.05) is 26.3 Å². The van der Waals surface area contributed by atoms with E-state index in [4.69, 9.17) is 0 Å². The van der Waals surface area contributed by atoms with Crippen LogP contribution in [0.4, 0.5) is 0 Å². The Kier molecular flexibility index (Phi) is 9.72. The Balaban J connectivity index is 2.32. The van der Waals surface area contributed by atoms with Crippen LogP contribution >= 0.6 is 0 Å².